The molecule has 8 rings (SSSR count). The summed E-state index contributed by atoms with van der Waals surface area (Å²) in [6.45, 7) is -0.320. The molecule has 0 spiro atoms. The van der Waals surface area contributed by atoms with Crippen LogP contribution in [0.25, 0.3) is 0 Å². The van der Waals surface area contributed by atoms with Crippen LogP contribution in [0.15, 0.2) is 48.5 Å². The van der Waals surface area contributed by atoms with Crippen molar-refractivity contribution in [3.8, 4) is 11.5 Å². The first-order valence-electron chi connectivity index (χ1n) is 12.7. The van der Waals surface area contributed by atoms with E-state index in [4.69, 9.17) is 9.47 Å². The quantitative estimate of drug-likeness (QED) is 0.308. The molecule has 36 heavy (non-hydrogen) atoms. The van der Waals surface area contributed by atoms with Gasteiger partial charge in [-0.15, -0.1) is 0 Å². The predicted molar refractivity (Wildman–Crippen MR) is 131 cm³/mol. The van der Waals surface area contributed by atoms with Gasteiger partial charge in [-0.25, -0.2) is 0 Å². The lowest BCUT2D eigenvalue weighted by atomic mass is 9.17. The molecule has 4 aliphatic heterocycles. The largest absolute Gasteiger partial charge is 0.497 e. The summed E-state index contributed by atoms with van der Waals surface area (Å²) in [7, 11) is 3.27. The lowest BCUT2D eigenvalue weighted by Crippen LogP contribution is -3.07. The Morgan fingerprint density at radius 1 is 0.556 bits per heavy atom. The second-order valence-electron chi connectivity index (χ2n) is 11.6. The highest BCUT2D eigenvalue weighted by atomic mass is 16.5. The van der Waals surface area contributed by atoms with Gasteiger partial charge in [-0.05, 0) is 35.4 Å². The number of methoxy groups -OCH3 is 2. The molecule has 8 bridgehead atoms. The Bertz CT molecular complexity index is 1030. The first-order valence-corrected chi connectivity index (χ1v) is 12.7. The van der Waals surface area contributed by atoms with Crippen LogP contribution in [0.1, 0.15) is 23.0 Å². The molecule has 2 aliphatic carbocycles. The second kappa shape index (κ2) is 7.22. The van der Waals surface area contributed by atoms with Crippen molar-refractivity contribution >= 4 is 0 Å². The minimum atomic E-state index is -0.611. The molecule has 2 saturated carbocycles. The maximum atomic E-state index is 11.1. The lowest BCUT2D eigenvalue weighted by Gasteiger charge is -2.94. The standard InChI is InChI=1S/C28H34N2O6/c1-35-17-7-3-15(4-8-17)19-25(11-31)21-27(13-33)20(16-5-9-18(36-2)10-6-16)28(14-34)23(29-21)26(19,12-32)24(28)30-22(25)27/h3-10,19-24,29-34H,11-14H2,1-2H3. The second-order valence-corrected chi connectivity index (χ2v) is 11.6. The summed E-state index contributed by atoms with van der Waals surface area (Å²) in [4.78, 5) is 0. The van der Waals surface area contributed by atoms with E-state index < -0.39 is 21.7 Å². The third-order valence-corrected chi connectivity index (χ3v) is 11.1. The first-order chi connectivity index (χ1) is 17.5. The van der Waals surface area contributed by atoms with Gasteiger partial charge in [0.2, 0.25) is 0 Å². The van der Waals surface area contributed by atoms with Crippen LogP contribution in [-0.4, -0.2) is 85.2 Å². The number of piperidine rings is 4. The van der Waals surface area contributed by atoms with Gasteiger partial charge >= 0.3 is 0 Å². The molecule has 8 nitrogen and oxygen atoms in total. The van der Waals surface area contributed by atoms with Gasteiger partial charge in [0, 0.05) is 57.7 Å². The van der Waals surface area contributed by atoms with E-state index in [9.17, 15) is 20.4 Å². The molecule has 6 aliphatic rings. The minimum absolute atomic E-state index is 0.0799. The molecule has 0 unspecified atom stereocenters. The van der Waals surface area contributed by atoms with Crippen molar-refractivity contribution in [2.24, 2.45) is 21.7 Å². The Balaban J connectivity index is 1.46. The SMILES string of the molecule is COc1ccc(C2C3(CO)C4NC5C2(CO)C2NC3C4(CO)C(c3ccc(OC)cc3)C52CO)cc1. The van der Waals surface area contributed by atoms with E-state index in [1.54, 1.807) is 14.2 Å². The highest BCUT2D eigenvalue weighted by Gasteiger charge is 2.96. The van der Waals surface area contributed by atoms with Gasteiger partial charge in [-0.2, -0.15) is 0 Å². The van der Waals surface area contributed by atoms with Crippen LogP contribution in [0.2, 0.25) is 0 Å². The van der Waals surface area contributed by atoms with Crippen LogP contribution < -0.4 is 20.1 Å². The normalized spacial score (nSPS) is 46.7. The maximum Gasteiger partial charge on any atom is 0.118 e. The molecule has 2 aromatic rings. The molecular weight excluding hydrogens is 460 g/mol. The van der Waals surface area contributed by atoms with Crippen LogP contribution in [0.3, 0.4) is 0 Å². The third-order valence-electron chi connectivity index (χ3n) is 11.1. The molecule has 8 heteroatoms. The van der Waals surface area contributed by atoms with E-state index in [2.05, 4.69) is 10.6 Å². The van der Waals surface area contributed by atoms with Crippen molar-refractivity contribution < 1.29 is 29.9 Å². The molecule has 4 heterocycles. The summed E-state index contributed by atoms with van der Waals surface area (Å²) in [5.74, 6) is 1.22. The number of hydrogen-bond donors (Lipinski definition) is 6. The van der Waals surface area contributed by atoms with Gasteiger partial charge in [0.25, 0.3) is 0 Å². The van der Waals surface area contributed by atoms with Crippen LogP contribution in [-0.2, 0) is 0 Å². The predicted octanol–water partition coefficient (Wildman–Crippen LogP) is 0.208. The fourth-order valence-corrected chi connectivity index (χ4v) is 10.3. The Kier molecular flexibility index (Phi) is 4.60. The lowest BCUT2D eigenvalue weighted by molar-refractivity contribution is -0.412. The number of nitrogens with one attached hydrogen (secondary N) is 2. The Morgan fingerprint density at radius 2 is 0.833 bits per heavy atom. The number of aliphatic hydroxyl groups is 4. The molecule has 192 valence electrons. The molecule has 0 radical (unpaired) electrons. The van der Waals surface area contributed by atoms with E-state index in [1.807, 2.05) is 48.5 Å². The topological polar surface area (TPSA) is 123 Å². The highest BCUT2D eigenvalue weighted by molar-refractivity contribution is 5.57. The Morgan fingerprint density at radius 3 is 1.06 bits per heavy atom. The molecule has 2 aromatic carbocycles. The molecule has 6 fully saturated rings. The van der Waals surface area contributed by atoms with Gasteiger partial charge in [-0.3, -0.25) is 0 Å². The fraction of sp³-hybridized carbons (Fsp3) is 0.571. The zero-order valence-corrected chi connectivity index (χ0v) is 20.5. The molecule has 4 saturated heterocycles. The summed E-state index contributed by atoms with van der Waals surface area (Å²) in [6, 6.07) is 15.1. The molecule has 0 atom stereocenters. The fourth-order valence-electron chi connectivity index (χ4n) is 10.3. The van der Waals surface area contributed by atoms with Crippen molar-refractivity contribution in [1.29, 1.82) is 0 Å². The molecule has 6 N–H and O–H groups in total. The van der Waals surface area contributed by atoms with Gasteiger partial charge in [0.05, 0.1) is 40.6 Å². The molecule has 0 aromatic heterocycles. The average molecular weight is 495 g/mol. The van der Waals surface area contributed by atoms with Crippen LogP contribution in [0.4, 0.5) is 0 Å². The number of benzene rings is 2. The van der Waals surface area contributed by atoms with Gasteiger partial charge < -0.3 is 40.5 Å². The highest BCUT2D eigenvalue weighted by Crippen LogP contribution is 2.87. The van der Waals surface area contributed by atoms with E-state index in [0.29, 0.717) is 0 Å². The Hall–Kier alpha value is -2.20. The van der Waals surface area contributed by atoms with Crippen molar-refractivity contribution in [3.05, 3.63) is 59.7 Å². The summed E-state index contributed by atoms with van der Waals surface area (Å²) in [5, 5.41) is 52.0. The zero-order chi connectivity index (χ0) is 25.1. The minimum Gasteiger partial charge on any atom is -0.497 e. The van der Waals surface area contributed by atoms with E-state index >= 15 is 0 Å². The van der Waals surface area contributed by atoms with E-state index in [1.165, 1.54) is 0 Å². The number of rotatable bonds is 8. The van der Waals surface area contributed by atoms with Crippen LogP contribution in [0, 0.1) is 21.7 Å². The summed E-state index contributed by atoms with van der Waals surface area (Å²) in [5.41, 5.74) is -0.347. The smallest absolute Gasteiger partial charge is 0.118 e. The number of hydrogen-bond acceptors (Lipinski definition) is 8. The van der Waals surface area contributed by atoms with Crippen molar-refractivity contribution in [1.82, 2.24) is 10.6 Å². The summed E-state index contributed by atoms with van der Waals surface area (Å²) >= 11 is 0. The number of ether oxygens (including phenoxy) is 2. The molecular formula is C28H34N2O6. The van der Waals surface area contributed by atoms with Gasteiger partial charge in [0.15, 0.2) is 0 Å². The van der Waals surface area contributed by atoms with E-state index in [0.717, 1.165) is 22.6 Å². The van der Waals surface area contributed by atoms with Gasteiger partial charge in [-0.1, -0.05) is 24.3 Å². The van der Waals surface area contributed by atoms with Crippen LogP contribution in [0.5, 0.6) is 11.5 Å². The maximum absolute atomic E-state index is 11.1. The molecule has 0 amide bonds. The summed E-state index contributed by atoms with van der Waals surface area (Å²) < 4.78 is 10.8. The van der Waals surface area contributed by atoms with Crippen molar-refractivity contribution in [3.63, 3.8) is 0 Å². The van der Waals surface area contributed by atoms with Crippen molar-refractivity contribution in [2.45, 2.75) is 36.0 Å². The van der Waals surface area contributed by atoms with Crippen LogP contribution >= 0.6 is 0 Å². The first kappa shape index (κ1) is 23.0. The number of aliphatic hydroxyl groups excluding tert-OH is 4. The monoisotopic (exact) mass is 494 g/mol. The summed E-state index contributed by atoms with van der Waals surface area (Å²) in [6.07, 6.45) is 0. The third kappa shape index (κ3) is 2.03. The van der Waals surface area contributed by atoms with Crippen molar-refractivity contribution in [2.75, 3.05) is 40.6 Å². The van der Waals surface area contributed by atoms with E-state index in [-0.39, 0.29) is 62.4 Å². The van der Waals surface area contributed by atoms with Gasteiger partial charge in [0.1, 0.15) is 11.5 Å². The average Bonchev–Trinajstić information content (AvgIpc) is 2.91. The Labute approximate surface area is 210 Å². The zero-order valence-electron chi connectivity index (χ0n) is 20.5.